The van der Waals surface area contributed by atoms with E-state index in [1.165, 1.54) is 18.4 Å². The standard InChI is InChI=1S/C13H19N3O2S2/c1-9-8-10(12(17)18-3)11(20-9)14-13(19)16-6-4-15(2)5-7-16/h8H,4-7H2,1-3H3,(H,14,19). The van der Waals surface area contributed by atoms with Crippen LogP contribution in [0.4, 0.5) is 5.00 Å². The van der Waals surface area contributed by atoms with Gasteiger partial charge in [0.25, 0.3) is 0 Å². The van der Waals surface area contributed by atoms with Gasteiger partial charge in [0.05, 0.1) is 12.7 Å². The third kappa shape index (κ3) is 3.47. The normalized spacial score (nSPS) is 16.1. The Hall–Kier alpha value is -1.18. The summed E-state index contributed by atoms with van der Waals surface area (Å²) in [4.78, 5) is 17.2. The summed E-state index contributed by atoms with van der Waals surface area (Å²) in [5.41, 5.74) is 0.548. The lowest BCUT2D eigenvalue weighted by Crippen LogP contribution is -2.48. The van der Waals surface area contributed by atoms with Gasteiger partial charge in [-0.05, 0) is 32.3 Å². The average molecular weight is 313 g/mol. The maximum Gasteiger partial charge on any atom is 0.340 e. The van der Waals surface area contributed by atoms with Gasteiger partial charge in [0.15, 0.2) is 5.11 Å². The zero-order valence-corrected chi connectivity index (χ0v) is 13.6. The highest BCUT2D eigenvalue weighted by atomic mass is 32.1. The van der Waals surface area contributed by atoms with Crippen molar-refractivity contribution in [3.63, 3.8) is 0 Å². The first-order chi connectivity index (χ1) is 9.51. The first-order valence-electron chi connectivity index (χ1n) is 6.44. The number of carbonyl (C=O) groups is 1. The molecule has 7 heteroatoms. The molecule has 0 atom stereocenters. The molecule has 1 N–H and O–H groups in total. The first-order valence-corrected chi connectivity index (χ1v) is 7.67. The summed E-state index contributed by atoms with van der Waals surface area (Å²) in [5.74, 6) is -0.335. The molecular weight excluding hydrogens is 294 g/mol. The Labute approximate surface area is 128 Å². The van der Waals surface area contributed by atoms with E-state index < -0.39 is 0 Å². The van der Waals surface area contributed by atoms with E-state index in [4.69, 9.17) is 17.0 Å². The molecule has 1 aromatic rings. The summed E-state index contributed by atoms with van der Waals surface area (Å²) in [5, 5.41) is 4.62. The molecule has 1 saturated heterocycles. The Kier molecular flexibility index (Phi) is 4.95. The van der Waals surface area contributed by atoms with Crippen LogP contribution in [0.15, 0.2) is 6.07 Å². The Morgan fingerprint density at radius 1 is 1.40 bits per heavy atom. The van der Waals surface area contributed by atoms with Crippen LogP contribution in [0, 0.1) is 6.92 Å². The monoisotopic (exact) mass is 313 g/mol. The van der Waals surface area contributed by atoms with Crippen molar-refractivity contribution in [1.82, 2.24) is 9.80 Å². The number of thiophene rings is 1. The molecule has 0 bridgehead atoms. The zero-order chi connectivity index (χ0) is 14.7. The second-order valence-electron chi connectivity index (χ2n) is 4.81. The van der Waals surface area contributed by atoms with Crippen LogP contribution in [-0.2, 0) is 4.74 Å². The molecular formula is C13H19N3O2S2. The minimum Gasteiger partial charge on any atom is -0.465 e. The number of hydrogen-bond donors (Lipinski definition) is 1. The van der Waals surface area contributed by atoms with Crippen molar-refractivity contribution >= 4 is 39.6 Å². The fourth-order valence-corrected chi connectivity index (χ4v) is 3.30. The number of thiocarbonyl (C=S) groups is 1. The van der Waals surface area contributed by atoms with Gasteiger partial charge in [-0.3, -0.25) is 0 Å². The van der Waals surface area contributed by atoms with Crippen molar-refractivity contribution in [2.75, 3.05) is 45.7 Å². The number of nitrogens with zero attached hydrogens (tertiary/aromatic N) is 2. The van der Waals surface area contributed by atoms with E-state index in [9.17, 15) is 4.79 Å². The van der Waals surface area contributed by atoms with Crippen molar-refractivity contribution in [3.05, 3.63) is 16.5 Å². The van der Waals surface area contributed by atoms with Gasteiger partial charge in [-0.15, -0.1) is 11.3 Å². The summed E-state index contributed by atoms with van der Waals surface area (Å²) in [7, 11) is 3.49. The highest BCUT2D eigenvalue weighted by Gasteiger charge is 2.20. The topological polar surface area (TPSA) is 44.8 Å². The number of carbonyl (C=O) groups excluding carboxylic acids is 1. The lowest BCUT2D eigenvalue weighted by atomic mass is 10.3. The van der Waals surface area contributed by atoms with Crippen LogP contribution in [0.5, 0.6) is 0 Å². The predicted octanol–water partition coefficient (Wildman–Crippen LogP) is 1.79. The van der Waals surface area contributed by atoms with Crippen LogP contribution < -0.4 is 5.32 Å². The molecule has 0 amide bonds. The summed E-state index contributed by atoms with van der Waals surface area (Å²) in [6, 6.07) is 1.82. The van der Waals surface area contributed by atoms with Gasteiger partial charge >= 0.3 is 5.97 Å². The fourth-order valence-electron chi connectivity index (χ4n) is 2.05. The Morgan fingerprint density at radius 2 is 2.05 bits per heavy atom. The molecule has 1 fully saturated rings. The Bertz CT molecular complexity index is 508. The molecule has 1 aliphatic rings. The molecule has 0 aromatic carbocycles. The average Bonchev–Trinajstić information content (AvgIpc) is 2.79. The van der Waals surface area contributed by atoms with Gasteiger partial charge < -0.3 is 19.9 Å². The summed E-state index contributed by atoms with van der Waals surface area (Å²) in [6.07, 6.45) is 0. The van der Waals surface area contributed by atoms with Crippen LogP contribution in [0.25, 0.3) is 0 Å². The molecule has 5 nitrogen and oxygen atoms in total. The largest absolute Gasteiger partial charge is 0.465 e. The molecule has 2 rings (SSSR count). The quantitative estimate of drug-likeness (QED) is 0.663. The van der Waals surface area contributed by atoms with E-state index in [2.05, 4.69) is 22.2 Å². The number of methoxy groups -OCH3 is 1. The van der Waals surface area contributed by atoms with Gasteiger partial charge in [0.1, 0.15) is 5.00 Å². The Balaban J connectivity index is 2.06. The maximum atomic E-state index is 11.7. The lowest BCUT2D eigenvalue weighted by molar-refractivity contribution is 0.0602. The number of likely N-dealkylation sites (N-methyl/N-ethyl adjacent to an activating group) is 1. The smallest absolute Gasteiger partial charge is 0.340 e. The van der Waals surface area contributed by atoms with Gasteiger partial charge in [0.2, 0.25) is 0 Å². The zero-order valence-electron chi connectivity index (χ0n) is 11.9. The van der Waals surface area contributed by atoms with Gasteiger partial charge in [-0.25, -0.2) is 4.79 Å². The number of ether oxygens (including phenoxy) is 1. The molecule has 20 heavy (non-hydrogen) atoms. The van der Waals surface area contributed by atoms with Crippen LogP contribution >= 0.6 is 23.6 Å². The van der Waals surface area contributed by atoms with Crippen molar-refractivity contribution in [1.29, 1.82) is 0 Å². The van der Waals surface area contributed by atoms with Crippen molar-refractivity contribution in [3.8, 4) is 0 Å². The molecule has 0 radical (unpaired) electrons. The SMILES string of the molecule is COC(=O)c1cc(C)sc1NC(=S)N1CCN(C)CC1. The van der Waals surface area contributed by atoms with E-state index in [1.807, 2.05) is 13.0 Å². The highest BCUT2D eigenvalue weighted by Crippen LogP contribution is 2.28. The summed E-state index contributed by atoms with van der Waals surface area (Å²) >= 11 is 6.95. The molecule has 110 valence electrons. The van der Waals surface area contributed by atoms with Crippen LogP contribution in [-0.4, -0.2) is 61.2 Å². The number of aryl methyl sites for hydroxylation is 1. The number of rotatable bonds is 2. The van der Waals surface area contributed by atoms with Crippen molar-refractivity contribution in [2.24, 2.45) is 0 Å². The molecule has 2 heterocycles. The fraction of sp³-hybridized carbons (Fsp3) is 0.538. The molecule has 0 aliphatic carbocycles. The van der Waals surface area contributed by atoms with E-state index in [0.717, 1.165) is 36.1 Å². The second-order valence-corrected chi connectivity index (χ2v) is 6.45. The van der Waals surface area contributed by atoms with Gasteiger partial charge in [-0.2, -0.15) is 0 Å². The summed E-state index contributed by atoms with van der Waals surface area (Å²) in [6.45, 7) is 5.76. The minimum atomic E-state index is -0.335. The minimum absolute atomic E-state index is 0.335. The predicted molar refractivity (Wildman–Crippen MR) is 85.7 cm³/mol. The van der Waals surface area contributed by atoms with Crippen molar-refractivity contribution < 1.29 is 9.53 Å². The van der Waals surface area contributed by atoms with Crippen LogP contribution in [0.3, 0.4) is 0 Å². The van der Waals surface area contributed by atoms with Gasteiger partial charge in [-0.1, -0.05) is 0 Å². The number of esters is 1. The van der Waals surface area contributed by atoms with Gasteiger partial charge in [0, 0.05) is 31.1 Å². The molecule has 0 saturated carbocycles. The number of piperazine rings is 1. The second kappa shape index (κ2) is 6.51. The highest BCUT2D eigenvalue weighted by molar-refractivity contribution is 7.80. The number of nitrogens with one attached hydrogen (secondary N) is 1. The van der Waals surface area contributed by atoms with E-state index in [-0.39, 0.29) is 5.97 Å². The Morgan fingerprint density at radius 3 is 2.65 bits per heavy atom. The summed E-state index contributed by atoms with van der Waals surface area (Å²) < 4.78 is 4.80. The van der Waals surface area contributed by atoms with Crippen LogP contribution in [0.2, 0.25) is 0 Å². The molecule has 1 aliphatic heterocycles. The number of anilines is 1. The molecule has 0 spiro atoms. The van der Waals surface area contributed by atoms with Crippen molar-refractivity contribution in [2.45, 2.75) is 6.92 Å². The molecule has 0 unspecified atom stereocenters. The lowest BCUT2D eigenvalue weighted by Gasteiger charge is -2.34. The third-order valence-corrected chi connectivity index (χ3v) is 4.60. The molecule has 1 aromatic heterocycles. The van der Waals surface area contributed by atoms with Crippen LogP contribution in [0.1, 0.15) is 15.2 Å². The number of hydrogen-bond acceptors (Lipinski definition) is 5. The third-order valence-electron chi connectivity index (χ3n) is 3.27. The van der Waals surface area contributed by atoms with E-state index in [1.54, 1.807) is 0 Å². The first kappa shape index (κ1) is 15.2. The van der Waals surface area contributed by atoms with E-state index in [0.29, 0.717) is 10.7 Å². The maximum absolute atomic E-state index is 11.7. The van der Waals surface area contributed by atoms with E-state index >= 15 is 0 Å².